The molecule has 0 amide bonds. The van der Waals surface area contributed by atoms with Crippen LogP contribution in [-0.2, 0) is 0 Å². The molecule has 92 valence electrons. The minimum atomic E-state index is 0.447. The maximum Gasteiger partial charge on any atom is 0.0450 e. The molecule has 0 aliphatic carbocycles. The first-order valence-corrected chi connectivity index (χ1v) is 6.93. The van der Waals surface area contributed by atoms with E-state index in [-0.39, 0.29) is 0 Å². The Morgan fingerprint density at radius 2 is 2.24 bits per heavy atom. The summed E-state index contributed by atoms with van der Waals surface area (Å²) in [5, 5.41) is 4.50. The van der Waals surface area contributed by atoms with Crippen LogP contribution in [0.3, 0.4) is 0 Å². The summed E-state index contributed by atoms with van der Waals surface area (Å²) in [6, 6.07) is 9.46. The minimum Gasteiger partial charge on any atom is -0.307 e. The predicted octanol–water partition coefficient (Wildman–Crippen LogP) is 2.84. The van der Waals surface area contributed by atoms with Crippen LogP contribution in [0.15, 0.2) is 24.3 Å². The Labute approximate surface area is 108 Å². The number of hydrogen-bond donors (Lipinski definition) is 1. The molecule has 3 rings (SSSR count). The van der Waals surface area contributed by atoms with Crippen molar-refractivity contribution in [1.29, 1.82) is 0 Å². The van der Waals surface area contributed by atoms with E-state index in [0.29, 0.717) is 6.04 Å². The Hall–Kier alpha value is -0.570. The van der Waals surface area contributed by atoms with Crippen LogP contribution in [0.25, 0.3) is 0 Å². The van der Waals surface area contributed by atoms with E-state index in [1.165, 1.54) is 31.4 Å². The van der Waals surface area contributed by atoms with Gasteiger partial charge in [0.05, 0.1) is 0 Å². The second-order valence-corrected chi connectivity index (χ2v) is 5.60. The zero-order valence-electron chi connectivity index (χ0n) is 10.0. The molecule has 2 fully saturated rings. The standard InChI is InChI=1S/C14H19ClN2/c15-12-5-3-4-11(8-12)14-10-17-7-2-1-6-13(17)9-16-14/h3-5,8,13-14,16H,1-2,6-7,9-10H2. The molecule has 1 aromatic carbocycles. The van der Waals surface area contributed by atoms with Gasteiger partial charge in [0.15, 0.2) is 0 Å². The largest absolute Gasteiger partial charge is 0.307 e. The Morgan fingerprint density at radius 1 is 1.29 bits per heavy atom. The molecule has 2 atom stereocenters. The molecule has 0 saturated carbocycles. The van der Waals surface area contributed by atoms with Gasteiger partial charge in [0.25, 0.3) is 0 Å². The maximum absolute atomic E-state index is 6.06. The van der Waals surface area contributed by atoms with Crippen molar-refractivity contribution in [3.63, 3.8) is 0 Å². The van der Waals surface area contributed by atoms with Gasteiger partial charge in [0, 0.05) is 30.2 Å². The van der Waals surface area contributed by atoms with Crippen LogP contribution in [0.5, 0.6) is 0 Å². The number of nitrogens with zero attached hydrogens (tertiary/aromatic N) is 1. The fourth-order valence-corrected chi connectivity index (χ4v) is 3.25. The Balaban J connectivity index is 1.73. The predicted molar refractivity (Wildman–Crippen MR) is 71.4 cm³/mol. The molecule has 0 bridgehead atoms. The summed E-state index contributed by atoms with van der Waals surface area (Å²) >= 11 is 6.06. The van der Waals surface area contributed by atoms with E-state index in [0.717, 1.165) is 24.2 Å². The third-order valence-electron chi connectivity index (χ3n) is 4.02. The van der Waals surface area contributed by atoms with Gasteiger partial charge in [-0.05, 0) is 37.1 Å². The van der Waals surface area contributed by atoms with E-state index in [1.807, 2.05) is 12.1 Å². The third-order valence-corrected chi connectivity index (χ3v) is 4.25. The highest BCUT2D eigenvalue weighted by Crippen LogP contribution is 2.26. The number of halogens is 1. The fourth-order valence-electron chi connectivity index (χ4n) is 3.06. The van der Waals surface area contributed by atoms with Crippen LogP contribution in [0.4, 0.5) is 0 Å². The summed E-state index contributed by atoms with van der Waals surface area (Å²) in [4.78, 5) is 2.64. The molecule has 2 heterocycles. The lowest BCUT2D eigenvalue weighted by Crippen LogP contribution is -2.54. The van der Waals surface area contributed by atoms with Crippen LogP contribution in [0.2, 0.25) is 5.02 Å². The second kappa shape index (κ2) is 4.97. The highest BCUT2D eigenvalue weighted by molar-refractivity contribution is 6.30. The first kappa shape index (κ1) is 11.5. The quantitative estimate of drug-likeness (QED) is 0.825. The van der Waals surface area contributed by atoms with Gasteiger partial charge in [0.1, 0.15) is 0 Å². The summed E-state index contributed by atoms with van der Waals surface area (Å²) < 4.78 is 0. The van der Waals surface area contributed by atoms with Crippen molar-refractivity contribution in [2.75, 3.05) is 19.6 Å². The molecule has 0 spiro atoms. The van der Waals surface area contributed by atoms with E-state index in [4.69, 9.17) is 11.6 Å². The first-order valence-electron chi connectivity index (χ1n) is 6.56. The third kappa shape index (κ3) is 2.49. The van der Waals surface area contributed by atoms with E-state index in [9.17, 15) is 0 Å². The number of piperazine rings is 1. The summed E-state index contributed by atoms with van der Waals surface area (Å²) in [5.41, 5.74) is 1.32. The molecule has 2 aliphatic heterocycles. The average Bonchev–Trinajstić information content (AvgIpc) is 2.38. The van der Waals surface area contributed by atoms with Gasteiger partial charge in [-0.1, -0.05) is 30.2 Å². The maximum atomic E-state index is 6.06. The smallest absolute Gasteiger partial charge is 0.0450 e. The molecule has 2 aliphatic rings. The number of hydrogen-bond acceptors (Lipinski definition) is 2. The van der Waals surface area contributed by atoms with Gasteiger partial charge in [-0.2, -0.15) is 0 Å². The second-order valence-electron chi connectivity index (χ2n) is 5.16. The fraction of sp³-hybridized carbons (Fsp3) is 0.571. The summed E-state index contributed by atoms with van der Waals surface area (Å²) in [5.74, 6) is 0. The summed E-state index contributed by atoms with van der Waals surface area (Å²) in [6.45, 7) is 3.52. The normalized spacial score (nSPS) is 29.9. The van der Waals surface area contributed by atoms with Gasteiger partial charge in [0.2, 0.25) is 0 Å². The molecular weight excluding hydrogens is 232 g/mol. The highest BCUT2D eigenvalue weighted by atomic mass is 35.5. The van der Waals surface area contributed by atoms with Gasteiger partial charge in [-0.15, -0.1) is 0 Å². The zero-order valence-corrected chi connectivity index (χ0v) is 10.8. The van der Waals surface area contributed by atoms with Crippen molar-refractivity contribution >= 4 is 11.6 Å². The average molecular weight is 251 g/mol. The minimum absolute atomic E-state index is 0.447. The van der Waals surface area contributed by atoms with Crippen LogP contribution in [0.1, 0.15) is 30.9 Å². The van der Waals surface area contributed by atoms with E-state index >= 15 is 0 Å². The number of benzene rings is 1. The Morgan fingerprint density at radius 3 is 3.12 bits per heavy atom. The zero-order chi connectivity index (χ0) is 11.7. The molecule has 17 heavy (non-hydrogen) atoms. The van der Waals surface area contributed by atoms with Crippen molar-refractivity contribution in [2.24, 2.45) is 0 Å². The van der Waals surface area contributed by atoms with Gasteiger partial charge < -0.3 is 5.32 Å². The molecular formula is C14H19ClN2. The van der Waals surface area contributed by atoms with Crippen LogP contribution in [-0.4, -0.2) is 30.6 Å². The van der Waals surface area contributed by atoms with Crippen LogP contribution in [0, 0.1) is 0 Å². The topological polar surface area (TPSA) is 15.3 Å². The molecule has 1 aromatic rings. The van der Waals surface area contributed by atoms with E-state index in [2.05, 4.69) is 22.3 Å². The van der Waals surface area contributed by atoms with Crippen LogP contribution >= 0.6 is 11.6 Å². The van der Waals surface area contributed by atoms with E-state index < -0.39 is 0 Å². The Kier molecular flexibility index (Phi) is 3.37. The molecule has 1 N–H and O–H groups in total. The Bertz CT molecular complexity index is 394. The van der Waals surface area contributed by atoms with E-state index in [1.54, 1.807) is 0 Å². The van der Waals surface area contributed by atoms with Gasteiger partial charge in [-0.25, -0.2) is 0 Å². The molecule has 2 saturated heterocycles. The summed E-state index contributed by atoms with van der Waals surface area (Å²) in [7, 11) is 0. The SMILES string of the molecule is Clc1cccc(C2CN3CCCCC3CN2)c1. The lowest BCUT2D eigenvalue weighted by atomic mass is 9.95. The van der Waals surface area contributed by atoms with Crippen molar-refractivity contribution in [2.45, 2.75) is 31.3 Å². The van der Waals surface area contributed by atoms with Crippen molar-refractivity contribution in [3.05, 3.63) is 34.9 Å². The molecule has 2 nitrogen and oxygen atoms in total. The monoisotopic (exact) mass is 250 g/mol. The number of rotatable bonds is 1. The van der Waals surface area contributed by atoms with Crippen molar-refractivity contribution in [1.82, 2.24) is 10.2 Å². The molecule has 0 radical (unpaired) electrons. The lowest BCUT2D eigenvalue weighted by molar-refractivity contribution is 0.0951. The molecule has 0 aromatic heterocycles. The van der Waals surface area contributed by atoms with Gasteiger partial charge in [-0.3, -0.25) is 4.90 Å². The summed E-state index contributed by atoms with van der Waals surface area (Å²) in [6.07, 6.45) is 4.11. The van der Waals surface area contributed by atoms with Gasteiger partial charge >= 0.3 is 0 Å². The van der Waals surface area contributed by atoms with Crippen LogP contribution < -0.4 is 5.32 Å². The number of nitrogens with one attached hydrogen (secondary N) is 1. The molecule has 3 heteroatoms. The highest BCUT2D eigenvalue weighted by Gasteiger charge is 2.30. The lowest BCUT2D eigenvalue weighted by Gasteiger charge is -2.43. The number of fused-ring (bicyclic) bond motifs is 1. The molecule has 2 unspecified atom stereocenters. The number of piperidine rings is 1. The van der Waals surface area contributed by atoms with Crippen molar-refractivity contribution in [3.8, 4) is 0 Å². The van der Waals surface area contributed by atoms with Crippen molar-refractivity contribution < 1.29 is 0 Å². The first-order chi connectivity index (χ1) is 8.33.